The number of hydrogen-bond acceptors (Lipinski definition) is 3. The van der Waals surface area contributed by atoms with Gasteiger partial charge >= 0.3 is 0 Å². The maximum atomic E-state index is 11.5. The predicted molar refractivity (Wildman–Crippen MR) is 59.7 cm³/mol. The summed E-state index contributed by atoms with van der Waals surface area (Å²) in [4.78, 5) is 23.7. The lowest BCUT2D eigenvalue weighted by atomic mass is 10.1. The molecule has 1 heterocycles. The van der Waals surface area contributed by atoms with Crippen LogP contribution >= 0.6 is 0 Å². The van der Waals surface area contributed by atoms with Gasteiger partial charge in [-0.25, -0.2) is 0 Å². The van der Waals surface area contributed by atoms with E-state index in [4.69, 9.17) is 5.11 Å². The van der Waals surface area contributed by atoms with Crippen LogP contribution in [0.2, 0.25) is 0 Å². The molecule has 5 nitrogen and oxygen atoms in total. The van der Waals surface area contributed by atoms with Gasteiger partial charge in [-0.3, -0.25) is 9.59 Å². The fourth-order valence-electron chi connectivity index (χ4n) is 1.66. The molecule has 5 heteroatoms. The first-order chi connectivity index (χ1) is 7.59. The van der Waals surface area contributed by atoms with E-state index in [1.54, 1.807) is 4.90 Å². The third-order valence-corrected chi connectivity index (χ3v) is 2.66. The number of β-amino-alcohol motifs (C(OH)–C–C–N with tert-alkyl or cyclic N) is 1. The zero-order valence-corrected chi connectivity index (χ0v) is 9.74. The van der Waals surface area contributed by atoms with Crippen LogP contribution in [-0.2, 0) is 9.59 Å². The van der Waals surface area contributed by atoms with Crippen molar-refractivity contribution in [3.63, 3.8) is 0 Å². The van der Waals surface area contributed by atoms with Crippen molar-refractivity contribution in [1.82, 2.24) is 10.2 Å². The maximum Gasteiger partial charge on any atom is 0.222 e. The Morgan fingerprint density at radius 3 is 2.56 bits per heavy atom. The van der Waals surface area contributed by atoms with Crippen molar-refractivity contribution in [1.29, 1.82) is 0 Å². The lowest BCUT2D eigenvalue weighted by Crippen LogP contribution is -2.53. The monoisotopic (exact) mass is 228 g/mol. The van der Waals surface area contributed by atoms with E-state index < -0.39 is 0 Å². The van der Waals surface area contributed by atoms with Crippen molar-refractivity contribution in [2.24, 2.45) is 0 Å². The first kappa shape index (κ1) is 13.0. The smallest absolute Gasteiger partial charge is 0.222 e. The van der Waals surface area contributed by atoms with Gasteiger partial charge in [-0.1, -0.05) is 6.42 Å². The minimum atomic E-state index is -0.316. The number of nitrogens with zero attached hydrogens (tertiary/aromatic N) is 1. The summed E-state index contributed by atoms with van der Waals surface area (Å²) in [6.07, 6.45) is 2.94. The van der Waals surface area contributed by atoms with E-state index in [0.717, 1.165) is 19.3 Å². The SMILES string of the molecule is CC(=O)NCCCCCC(=O)N1CC(O)C1. The molecule has 1 aliphatic rings. The molecular formula is C11H20N2O3. The Hall–Kier alpha value is -1.10. The van der Waals surface area contributed by atoms with Crippen LogP contribution in [0.15, 0.2) is 0 Å². The molecule has 0 bridgehead atoms. The number of aliphatic hydroxyl groups excluding tert-OH is 1. The molecule has 0 spiro atoms. The fourth-order valence-corrected chi connectivity index (χ4v) is 1.66. The number of aliphatic hydroxyl groups is 1. The van der Waals surface area contributed by atoms with E-state index in [2.05, 4.69) is 5.32 Å². The first-order valence-corrected chi connectivity index (χ1v) is 5.80. The summed E-state index contributed by atoms with van der Waals surface area (Å²) in [5.41, 5.74) is 0. The molecule has 2 N–H and O–H groups in total. The number of hydrogen-bond donors (Lipinski definition) is 2. The highest BCUT2D eigenvalue weighted by molar-refractivity contribution is 5.77. The van der Waals surface area contributed by atoms with Gasteiger partial charge < -0.3 is 15.3 Å². The highest BCUT2D eigenvalue weighted by atomic mass is 16.3. The highest BCUT2D eigenvalue weighted by Crippen LogP contribution is 2.11. The molecule has 1 aliphatic heterocycles. The second-order valence-electron chi connectivity index (χ2n) is 4.25. The van der Waals surface area contributed by atoms with Gasteiger partial charge in [-0.2, -0.15) is 0 Å². The van der Waals surface area contributed by atoms with Gasteiger partial charge in [0.1, 0.15) is 0 Å². The number of rotatable bonds is 6. The summed E-state index contributed by atoms with van der Waals surface area (Å²) in [7, 11) is 0. The lowest BCUT2D eigenvalue weighted by Gasteiger charge is -2.35. The van der Waals surface area contributed by atoms with Crippen LogP contribution in [0, 0.1) is 0 Å². The number of amides is 2. The fraction of sp³-hybridized carbons (Fsp3) is 0.818. The lowest BCUT2D eigenvalue weighted by molar-refractivity contribution is -0.141. The van der Waals surface area contributed by atoms with Gasteiger partial charge in [0.15, 0.2) is 0 Å². The largest absolute Gasteiger partial charge is 0.389 e. The van der Waals surface area contributed by atoms with Crippen LogP contribution in [-0.4, -0.2) is 47.6 Å². The average Bonchev–Trinajstić information content (AvgIpc) is 2.17. The quantitative estimate of drug-likeness (QED) is 0.623. The second-order valence-corrected chi connectivity index (χ2v) is 4.25. The maximum absolute atomic E-state index is 11.5. The zero-order valence-electron chi connectivity index (χ0n) is 9.74. The number of unbranched alkanes of at least 4 members (excludes halogenated alkanes) is 2. The Morgan fingerprint density at radius 2 is 2.00 bits per heavy atom. The summed E-state index contributed by atoms with van der Waals surface area (Å²) in [6.45, 7) is 3.17. The molecular weight excluding hydrogens is 208 g/mol. The molecule has 0 aliphatic carbocycles. The molecule has 0 radical (unpaired) electrons. The van der Waals surface area contributed by atoms with E-state index in [-0.39, 0.29) is 17.9 Å². The zero-order chi connectivity index (χ0) is 12.0. The summed E-state index contributed by atoms with van der Waals surface area (Å²) < 4.78 is 0. The van der Waals surface area contributed by atoms with Gasteiger partial charge in [-0.15, -0.1) is 0 Å². The summed E-state index contributed by atoms with van der Waals surface area (Å²) in [5.74, 6) is 0.121. The minimum Gasteiger partial charge on any atom is -0.389 e. The molecule has 2 amide bonds. The van der Waals surface area contributed by atoms with Crippen LogP contribution in [0.4, 0.5) is 0 Å². The molecule has 0 atom stereocenters. The highest BCUT2D eigenvalue weighted by Gasteiger charge is 2.27. The van der Waals surface area contributed by atoms with Gasteiger partial charge in [0.05, 0.1) is 6.10 Å². The van der Waals surface area contributed by atoms with Gasteiger partial charge in [-0.05, 0) is 12.8 Å². The molecule has 1 fully saturated rings. The molecule has 1 rings (SSSR count). The first-order valence-electron chi connectivity index (χ1n) is 5.80. The van der Waals surface area contributed by atoms with Crippen molar-refractivity contribution in [2.45, 2.75) is 38.7 Å². The van der Waals surface area contributed by atoms with E-state index >= 15 is 0 Å². The van der Waals surface area contributed by atoms with E-state index in [9.17, 15) is 9.59 Å². The number of nitrogens with one attached hydrogen (secondary N) is 1. The normalized spacial score (nSPS) is 15.8. The number of carbonyl (C=O) groups excluding carboxylic acids is 2. The van der Waals surface area contributed by atoms with Crippen LogP contribution in [0.5, 0.6) is 0 Å². The molecule has 0 saturated carbocycles. The molecule has 0 aromatic carbocycles. The van der Waals surface area contributed by atoms with Gasteiger partial charge in [0.25, 0.3) is 0 Å². The number of likely N-dealkylation sites (tertiary alicyclic amines) is 1. The van der Waals surface area contributed by atoms with Crippen LogP contribution in [0.25, 0.3) is 0 Å². The van der Waals surface area contributed by atoms with Crippen molar-refractivity contribution < 1.29 is 14.7 Å². The van der Waals surface area contributed by atoms with Gasteiger partial charge in [0, 0.05) is 33.0 Å². The Balaban J connectivity index is 1.91. The third-order valence-electron chi connectivity index (χ3n) is 2.66. The van der Waals surface area contributed by atoms with E-state index in [1.807, 2.05) is 0 Å². The third kappa shape index (κ3) is 4.61. The van der Waals surface area contributed by atoms with Crippen LogP contribution in [0.1, 0.15) is 32.6 Å². The van der Waals surface area contributed by atoms with Crippen LogP contribution < -0.4 is 5.32 Å². The second kappa shape index (κ2) is 6.48. The Bertz CT molecular complexity index is 250. The standard InChI is InChI=1S/C11H20N2O3/c1-9(14)12-6-4-2-3-5-11(16)13-7-10(15)8-13/h10,15H,2-8H2,1H3,(H,12,14). The summed E-state index contributed by atoms with van der Waals surface area (Å²) >= 11 is 0. The summed E-state index contributed by atoms with van der Waals surface area (Å²) in [5, 5.41) is 11.7. The molecule has 16 heavy (non-hydrogen) atoms. The van der Waals surface area contributed by atoms with E-state index in [1.165, 1.54) is 6.92 Å². The van der Waals surface area contributed by atoms with Crippen molar-refractivity contribution in [3.8, 4) is 0 Å². The predicted octanol–water partition coefficient (Wildman–Crippen LogP) is -0.114. The molecule has 1 saturated heterocycles. The van der Waals surface area contributed by atoms with Crippen molar-refractivity contribution in [2.75, 3.05) is 19.6 Å². The Labute approximate surface area is 95.8 Å². The molecule has 0 aromatic rings. The van der Waals surface area contributed by atoms with Crippen molar-refractivity contribution >= 4 is 11.8 Å². The molecule has 0 unspecified atom stereocenters. The minimum absolute atomic E-state index is 0.00866. The number of carbonyl (C=O) groups is 2. The van der Waals surface area contributed by atoms with Crippen molar-refractivity contribution in [3.05, 3.63) is 0 Å². The topological polar surface area (TPSA) is 69.6 Å². The summed E-state index contributed by atoms with van der Waals surface area (Å²) in [6, 6.07) is 0. The molecule has 0 aromatic heterocycles. The molecule has 92 valence electrons. The van der Waals surface area contributed by atoms with E-state index in [0.29, 0.717) is 26.1 Å². The van der Waals surface area contributed by atoms with Crippen LogP contribution in [0.3, 0.4) is 0 Å². The average molecular weight is 228 g/mol. The Kier molecular flexibility index (Phi) is 5.25. The Morgan fingerprint density at radius 1 is 1.31 bits per heavy atom. The van der Waals surface area contributed by atoms with Gasteiger partial charge in [0.2, 0.25) is 11.8 Å².